The number of rotatable bonds is 2. The largest absolute Gasteiger partial charge is 0.376 e. The third-order valence-corrected chi connectivity index (χ3v) is 4.53. The fraction of sp³-hybridized carbons (Fsp3) is 0.462. The normalized spacial score (nSPS) is 32.6. The van der Waals surface area contributed by atoms with Gasteiger partial charge >= 0.3 is 0 Å². The van der Waals surface area contributed by atoms with Crippen molar-refractivity contribution < 1.29 is 13.9 Å². The number of benzene rings is 1. The van der Waals surface area contributed by atoms with E-state index in [4.69, 9.17) is 10.5 Å². The number of hydrogen-bond acceptors (Lipinski definition) is 3. The van der Waals surface area contributed by atoms with Gasteiger partial charge in [-0.25, -0.2) is 4.39 Å². The van der Waals surface area contributed by atoms with Crippen molar-refractivity contribution in [2.75, 3.05) is 6.61 Å². The molecule has 1 aromatic carbocycles. The molecule has 1 amide bonds. The average Bonchev–Trinajstić information content (AvgIpc) is 2.83. The van der Waals surface area contributed by atoms with E-state index >= 15 is 0 Å². The number of ether oxygens (including phenoxy) is 1. The molecule has 0 bridgehead atoms. The van der Waals surface area contributed by atoms with Crippen molar-refractivity contribution in [3.05, 3.63) is 34.1 Å². The van der Waals surface area contributed by atoms with Crippen LogP contribution in [0.2, 0.25) is 0 Å². The highest BCUT2D eigenvalue weighted by molar-refractivity contribution is 9.10. The Kier molecular flexibility index (Phi) is 3.32. The monoisotopic (exact) mass is 328 g/mol. The lowest BCUT2D eigenvalue weighted by molar-refractivity contribution is -0.0161. The van der Waals surface area contributed by atoms with E-state index in [9.17, 15) is 9.18 Å². The lowest BCUT2D eigenvalue weighted by Crippen LogP contribution is -2.68. The van der Waals surface area contributed by atoms with Gasteiger partial charge < -0.3 is 15.8 Å². The fourth-order valence-electron chi connectivity index (χ4n) is 2.80. The van der Waals surface area contributed by atoms with E-state index in [2.05, 4.69) is 21.2 Å². The molecule has 3 rings (SSSR count). The maximum Gasteiger partial charge on any atom is 0.251 e. The molecule has 1 heterocycles. The van der Waals surface area contributed by atoms with Crippen LogP contribution in [0.1, 0.15) is 16.8 Å². The number of halogens is 2. The molecule has 4 unspecified atom stereocenters. The quantitative estimate of drug-likeness (QED) is 0.863. The van der Waals surface area contributed by atoms with Crippen molar-refractivity contribution in [3.8, 4) is 0 Å². The second kappa shape index (κ2) is 4.85. The summed E-state index contributed by atoms with van der Waals surface area (Å²) in [7, 11) is 0. The van der Waals surface area contributed by atoms with Crippen molar-refractivity contribution in [1.29, 1.82) is 0 Å². The molecule has 19 heavy (non-hydrogen) atoms. The first-order valence-corrected chi connectivity index (χ1v) is 7.00. The van der Waals surface area contributed by atoms with Gasteiger partial charge in [-0.2, -0.15) is 0 Å². The standard InChI is InChI=1S/C13H14BrFN2O2/c14-8-5-6(1-2-9(8)15)13(18)17-11-10(16)7-3-4-19-12(7)11/h1-2,5,7,10-12H,3-4,16H2,(H,17,18). The van der Waals surface area contributed by atoms with E-state index in [1.54, 1.807) is 0 Å². The zero-order valence-corrected chi connectivity index (χ0v) is 11.7. The van der Waals surface area contributed by atoms with Gasteiger partial charge in [-0.15, -0.1) is 0 Å². The summed E-state index contributed by atoms with van der Waals surface area (Å²) in [5, 5.41) is 2.87. The van der Waals surface area contributed by atoms with E-state index < -0.39 is 5.82 Å². The van der Waals surface area contributed by atoms with Gasteiger partial charge in [0.15, 0.2) is 0 Å². The van der Waals surface area contributed by atoms with Gasteiger partial charge in [0, 0.05) is 24.1 Å². The minimum Gasteiger partial charge on any atom is -0.376 e. The van der Waals surface area contributed by atoms with E-state index in [1.807, 2.05) is 0 Å². The second-order valence-electron chi connectivity index (χ2n) is 4.99. The third-order valence-electron chi connectivity index (χ3n) is 3.93. The van der Waals surface area contributed by atoms with Gasteiger partial charge in [-0.1, -0.05) is 0 Å². The summed E-state index contributed by atoms with van der Waals surface area (Å²) in [6, 6.07) is 3.97. The fourth-order valence-corrected chi connectivity index (χ4v) is 3.18. The number of carbonyl (C=O) groups is 1. The molecule has 1 aliphatic heterocycles. The van der Waals surface area contributed by atoms with Gasteiger partial charge in [0.1, 0.15) is 5.82 Å². The maximum atomic E-state index is 13.1. The van der Waals surface area contributed by atoms with Crippen molar-refractivity contribution in [3.63, 3.8) is 0 Å². The van der Waals surface area contributed by atoms with Crippen LogP contribution in [0.3, 0.4) is 0 Å². The molecular weight excluding hydrogens is 315 g/mol. The lowest BCUT2D eigenvalue weighted by atomic mass is 9.72. The Labute approximate surface area is 118 Å². The summed E-state index contributed by atoms with van der Waals surface area (Å²) in [5.41, 5.74) is 6.43. The van der Waals surface area contributed by atoms with E-state index in [1.165, 1.54) is 18.2 Å². The Bertz CT molecular complexity index is 525. The van der Waals surface area contributed by atoms with Crippen LogP contribution in [0.4, 0.5) is 4.39 Å². The predicted molar refractivity (Wildman–Crippen MR) is 71.2 cm³/mol. The summed E-state index contributed by atoms with van der Waals surface area (Å²) in [5.74, 6) is -0.295. The highest BCUT2D eigenvalue weighted by atomic mass is 79.9. The molecule has 1 aliphatic carbocycles. The summed E-state index contributed by atoms with van der Waals surface area (Å²) in [4.78, 5) is 12.1. The van der Waals surface area contributed by atoms with Crippen LogP contribution in [-0.2, 0) is 4.74 Å². The lowest BCUT2D eigenvalue weighted by Gasteiger charge is -2.45. The Hall–Kier alpha value is -0.980. The Morgan fingerprint density at radius 1 is 1.53 bits per heavy atom. The summed E-state index contributed by atoms with van der Waals surface area (Å²) < 4.78 is 18.9. The minimum absolute atomic E-state index is 0.0304. The molecule has 1 saturated heterocycles. The molecule has 4 nitrogen and oxygen atoms in total. The first-order valence-electron chi connectivity index (χ1n) is 6.21. The molecule has 0 aromatic heterocycles. The van der Waals surface area contributed by atoms with Gasteiger partial charge in [0.2, 0.25) is 0 Å². The SMILES string of the molecule is NC1C2CCOC2C1NC(=O)c1ccc(F)c(Br)c1. The number of nitrogens with two attached hydrogens (primary N) is 1. The van der Waals surface area contributed by atoms with Crippen LogP contribution in [0.5, 0.6) is 0 Å². The maximum absolute atomic E-state index is 13.1. The molecule has 4 atom stereocenters. The molecular formula is C13H14BrFN2O2. The summed E-state index contributed by atoms with van der Waals surface area (Å²) >= 11 is 3.06. The van der Waals surface area contributed by atoms with Crippen LogP contribution < -0.4 is 11.1 Å². The van der Waals surface area contributed by atoms with E-state index in [0.717, 1.165) is 6.42 Å². The molecule has 2 aliphatic rings. The van der Waals surface area contributed by atoms with Gasteiger partial charge in [-0.05, 0) is 40.5 Å². The van der Waals surface area contributed by atoms with Crippen LogP contribution in [0.25, 0.3) is 0 Å². The highest BCUT2D eigenvalue weighted by Crippen LogP contribution is 2.37. The van der Waals surface area contributed by atoms with Crippen LogP contribution in [0, 0.1) is 11.7 Å². The zero-order valence-electron chi connectivity index (χ0n) is 10.1. The smallest absolute Gasteiger partial charge is 0.251 e. The number of nitrogens with one attached hydrogen (secondary N) is 1. The van der Waals surface area contributed by atoms with Crippen LogP contribution in [-0.4, -0.2) is 30.7 Å². The molecule has 0 spiro atoms. The number of amides is 1. The molecule has 2 fully saturated rings. The van der Waals surface area contributed by atoms with Crippen molar-refractivity contribution >= 4 is 21.8 Å². The number of fused-ring (bicyclic) bond motifs is 1. The van der Waals surface area contributed by atoms with Crippen LogP contribution in [0.15, 0.2) is 22.7 Å². The van der Waals surface area contributed by atoms with E-state index in [-0.39, 0.29) is 28.6 Å². The first-order chi connectivity index (χ1) is 9.08. The molecule has 1 saturated carbocycles. The highest BCUT2D eigenvalue weighted by Gasteiger charge is 2.52. The van der Waals surface area contributed by atoms with Gasteiger partial charge in [0.05, 0.1) is 16.6 Å². The number of carbonyl (C=O) groups excluding carboxylic acids is 1. The Morgan fingerprint density at radius 3 is 3.05 bits per heavy atom. The Balaban J connectivity index is 1.70. The van der Waals surface area contributed by atoms with Gasteiger partial charge in [-0.3, -0.25) is 4.79 Å². The predicted octanol–water partition coefficient (Wildman–Crippen LogP) is 1.43. The van der Waals surface area contributed by atoms with Crippen molar-refractivity contribution in [2.24, 2.45) is 11.7 Å². The second-order valence-corrected chi connectivity index (χ2v) is 5.85. The van der Waals surface area contributed by atoms with Crippen molar-refractivity contribution in [2.45, 2.75) is 24.6 Å². The average molecular weight is 329 g/mol. The van der Waals surface area contributed by atoms with E-state index in [0.29, 0.717) is 18.1 Å². The third kappa shape index (κ3) is 2.17. The Morgan fingerprint density at radius 2 is 2.32 bits per heavy atom. The molecule has 1 aromatic rings. The first kappa shape index (κ1) is 13.0. The summed E-state index contributed by atoms with van der Waals surface area (Å²) in [6.45, 7) is 0.706. The molecule has 6 heteroatoms. The topological polar surface area (TPSA) is 64.3 Å². The molecule has 102 valence electrons. The van der Waals surface area contributed by atoms with Crippen LogP contribution >= 0.6 is 15.9 Å². The molecule has 0 radical (unpaired) electrons. The van der Waals surface area contributed by atoms with Crippen molar-refractivity contribution in [1.82, 2.24) is 5.32 Å². The minimum atomic E-state index is -0.393. The zero-order chi connectivity index (χ0) is 13.6. The summed E-state index contributed by atoms with van der Waals surface area (Å²) in [6.07, 6.45) is 0.989. The van der Waals surface area contributed by atoms with Gasteiger partial charge in [0.25, 0.3) is 5.91 Å². The molecule has 3 N–H and O–H groups in total. The number of hydrogen-bond donors (Lipinski definition) is 2.